The second-order valence-electron chi connectivity index (χ2n) is 9.64. The fraction of sp³-hybridized carbons (Fsp3) is 0.481. The fourth-order valence-electron chi connectivity index (χ4n) is 5.72. The van der Waals surface area contributed by atoms with Crippen LogP contribution in [0.25, 0.3) is 10.9 Å². The van der Waals surface area contributed by atoms with Gasteiger partial charge in [-0.15, -0.1) is 11.3 Å². The number of carbonyl (C=O) groups excluding carboxylic acids is 2. The van der Waals surface area contributed by atoms with Crippen molar-refractivity contribution < 1.29 is 9.59 Å². The second-order valence-corrected chi connectivity index (χ2v) is 10.7. The lowest BCUT2D eigenvalue weighted by atomic mass is 9.78. The third kappa shape index (κ3) is 4.58. The quantitative estimate of drug-likeness (QED) is 0.482. The Morgan fingerprint density at radius 2 is 1.82 bits per heavy atom. The molecule has 1 aromatic carbocycles. The Kier molecular flexibility index (Phi) is 6.54. The molecule has 2 amide bonds. The van der Waals surface area contributed by atoms with Crippen molar-refractivity contribution >= 4 is 34.1 Å². The van der Waals surface area contributed by atoms with Crippen molar-refractivity contribution in [3.63, 3.8) is 0 Å². The first-order chi connectivity index (χ1) is 16.2. The maximum atomic E-state index is 14.0. The van der Waals surface area contributed by atoms with E-state index in [4.69, 9.17) is 0 Å². The normalized spacial score (nSPS) is 18.4. The number of H-pyrrole nitrogens is 1. The molecule has 33 heavy (non-hydrogen) atoms. The van der Waals surface area contributed by atoms with Gasteiger partial charge in [0.05, 0.1) is 13.0 Å². The molecule has 174 valence electrons. The molecule has 2 aliphatic carbocycles. The van der Waals surface area contributed by atoms with Gasteiger partial charge in [0.2, 0.25) is 11.8 Å². The first-order valence-corrected chi connectivity index (χ1v) is 13.2. The highest BCUT2D eigenvalue weighted by atomic mass is 32.1. The molecule has 5 nitrogen and oxygen atoms in total. The summed E-state index contributed by atoms with van der Waals surface area (Å²) in [6.45, 7) is 0.497. The Hall–Kier alpha value is -2.60. The number of nitrogens with zero attached hydrogens (tertiary/aromatic N) is 1. The lowest BCUT2D eigenvalue weighted by Gasteiger charge is -2.45. The number of nitrogens with one attached hydrogen (secondary N) is 2. The predicted octanol–water partition coefficient (Wildman–Crippen LogP) is 5.56. The van der Waals surface area contributed by atoms with E-state index in [2.05, 4.69) is 22.4 Å². The molecule has 0 aliphatic heterocycles. The number of rotatable bonds is 7. The molecule has 0 atom stereocenters. The number of thiophene rings is 1. The highest BCUT2D eigenvalue weighted by Gasteiger charge is 2.47. The molecule has 2 aromatic heterocycles. The van der Waals surface area contributed by atoms with Crippen LogP contribution in [0.1, 0.15) is 68.2 Å². The van der Waals surface area contributed by atoms with Gasteiger partial charge in [0, 0.05) is 28.0 Å². The lowest BCUT2D eigenvalue weighted by molar-refractivity contribution is -0.151. The summed E-state index contributed by atoms with van der Waals surface area (Å²) in [6.07, 6.45) is 11.3. The molecule has 0 unspecified atom stereocenters. The van der Waals surface area contributed by atoms with E-state index >= 15 is 0 Å². The van der Waals surface area contributed by atoms with Gasteiger partial charge >= 0.3 is 0 Å². The van der Waals surface area contributed by atoms with E-state index < -0.39 is 5.54 Å². The van der Waals surface area contributed by atoms with Gasteiger partial charge in [0.15, 0.2) is 0 Å². The SMILES string of the molecule is O=C(Cc1c[nH]c2ccccc12)N(Cc1cccs1)C1(C(=O)NC2CCCC2)CCCCC1. The van der Waals surface area contributed by atoms with Crippen LogP contribution in [0.2, 0.25) is 0 Å². The number of aromatic nitrogens is 1. The Labute approximate surface area is 199 Å². The van der Waals surface area contributed by atoms with Crippen molar-refractivity contribution in [3.8, 4) is 0 Å². The molecule has 2 heterocycles. The molecule has 0 spiro atoms. The minimum Gasteiger partial charge on any atom is -0.361 e. The summed E-state index contributed by atoms with van der Waals surface area (Å²) in [5.74, 6) is 0.106. The van der Waals surface area contributed by atoms with Gasteiger partial charge in [-0.25, -0.2) is 0 Å². The summed E-state index contributed by atoms with van der Waals surface area (Å²) < 4.78 is 0. The van der Waals surface area contributed by atoms with E-state index in [1.54, 1.807) is 11.3 Å². The van der Waals surface area contributed by atoms with Crippen molar-refractivity contribution in [1.82, 2.24) is 15.2 Å². The number of benzene rings is 1. The molecule has 0 bridgehead atoms. The summed E-state index contributed by atoms with van der Waals surface area (Å²) in [6, 6.07) is 12.4. The van der Waals surface area contributed by atoms with Crippen LogP contribution in [0.15, 0.2) is 48.0 Å². The number of hydrogen-bond acceptors (Lipinski definition) is 3. The molecule has 6 heteroatoms. The average Bonchev–Trinajstić information content (AvgIpc) is 3.61. The summed E-state index contributed by atoms with van der Waals surface area (Å²) in [4.78, 5) is 34.2. The highest BCUT2D eigenvalue weighted by Crippen LogP contribution is 2.37. The Morgan fingerprint density at radius 3 is 2.58 bits per heavy atom. The molecule has 0 saturated heterocycles. The third-order valence-corrected chi connectivity index (χ3v) is 8.38. The first kappa shape index (κ1) is 22.2. The number of amides is 2. The van der Waals surface area contributed by atoms with Gasteiger partial charge in [0.25, 0.3) is 0 Å². The van der Waals surface area contributed by atoms with Gasteiger partial charge in [-0.3, -0.25) is 9.59 Å². The second kappa shape index (κ2) is 9.72. The average molecular weight is 464 g/mol. The Morgan fingerprint density at radius 1 is 1.03 bits per heavy atom. The minimum atomic E-state index is -0.756. The largest absolute Gasteiger partial charge is 0.361 e. The molecule has 2 saturated carbocycles. The van der Waals surface area contributed by atoms with Crippen LogP contribution in [0.3, 0.4) is 0 Å². The van der Waals surface area contributed by atoms with Crippen molar-refractivity contribution in [2.24, 2.45) is 0 Å². The molecule has 5 rings (SSSR count). The van der Waals surface area contributed by atoms with Crippen LogP contribution in [-0.4, -0.2) is 33.3 Å². The fourth-order valence-corrected chi connectivity index (χ4v) is 6.41. The van der Waals surface area contributed by atoms with Crippen molar-refractivity contribution in [2.45, 2.75) is 82.3 Å². The number of aromatic amines is 1. The van der Waals surface area contributed by atoms with Crippen LogP contribution in [0, 0.1) is 0 Å². The number of para-hydroxylation sites is 1. The van der Waals surface area contributed by atoms with E-state index in [0.717, 1.165) is 66.3 Å². The van der Waals surface area contributed by atoms with E-state index in [1.807, 2.05) is 40.7 Å². The molecular weight excluding hydrogens is 430 g/mol. The van der Waals surface area contributed by atoms with Crippen molar-refractivity contribution in [2.75, 3.05) is 0 Å². The molecule has 2 N–H and O–H groups in total. The topological polar surface area (TPSA) is 65.2 Å². The standard InChI is InChI=1S/C27H33N3O2S/c31-25(17-20-18-28-24-13-5-4-12-23(20)24)30(19-22-11-8-16-33-22)27(14-6-1-7-15-27)26(32)29-21-9-2-3-10-21/h4-5,8,11-13,16,18,21,28H,1-3,6-7,9-10,14-15,17,19H2,(H,29,32). The zero-order valence-corrected chi connectivity index (χ0v) is 20.0. The van der Waals surface area contributed by atoms with E-state index in [0.29, 0.717) is 13.0 Å². The minimum absolute atomic E-state index is 0.0385. The Bertz CT molecular complexity index is 1090. The summed E-state index contributed by atoms with van der Waals surface area (Å²) in [5.41, 5.74) is 1.28. The number of carbonyl (C=O) groups is 2. The first-order valence-electron chi connectivity index (χ1n) is 12.3. The molecular formula is C27H33N3O2S. The smallest absolute Gasteiger partial charge is 0.246 e. The maximum Gasteiger partial charge on any atom is 0.246 e. The zero-order valence-electron chi connectivity index (χ0n) is 19.1. The third-order valence-electron chi connectivity index (χ3n) is 7.52. The van der Waals surface area contributed by atoms with Crippen LogP contribution in [0.5, 0.6) is 0 Å². The number of hydrogen-bond donors (Lipinski definition) is 2. The van der Waals surface area contributed by atoms with E-state index in [9.17, 15) is 9.59 Å². The zero-order chi connectivity index (χ0) is 22.7. The predicted molar refractivity (Wildman–Crippen MR) is 133 cm³/mol. The molecule has 3 aromatic rings. The van der Waals surface area contributed by atoms with Gasteiger partial charge < -0.3 is 15.2 Å². The van der Waals surface area contributed by atoms with Crippen LogP contribution in [-0.2, 0) is 22.6 Å². The monoisotopic (exact) mass is 463 g/mol. The number of fused-ring (bicyclic) bond motifs is 1. The summed E-state index contributed by atoms with van der Waals surface area (Å²) >= 11 is 1.65. The molecule has 0 radical (unpaired) electrons. The van der Waals surface area contributed by atoms with Crippen molar-refractivity contribution in [1.29, 1.82) is 0 Å². The van der Waals surface area contributed by atoms with Gasteiger partial charge in [-0.05, 0) is 48.8 Å². The van der Waals surface area contributed by atoms with E-state index in [-0.39, 0.29) is 17.9 Å². The van der Waals surface area contributed by atoms with Gasteiger partial charge in [-0.1, -0.05) is 56.4 Å². The maximum absolute atomic E-state index is 14.0. The highest BCUT2D eigenvalue weighted by molar-refractivity contribution is 7.09. The van der Waals surface area contributed by atoms with Gasteiger partial charge in [0.1, 0.15) is 5.54 Å². The van der Waals surface area contributed by atoms with Crippen LogP contribution < -0.4 is 5.32 Å². The summed E-state index contributed by atoms with van der Waals surface area (Å²) in [7, 11) is 0. The molecule has 2 aliphatic rings. The van der Waals surface area contributed by atoms with Gasteiger partial charge in [-0.2, -0.15) is 0 Å². The Balaban J connectivity index is 1.47. The van der Waals surface area contributed by atoms with Crippen LogP contribution in [0.4, 0.5) is 0 Å². The van der Waals surface area contributed by atoms with Crippen LogP contribution >= 0.6 is 11.3 Å². The summed E-state index contributed by atoms with van der Waals surface area (Å²) in [5, 5.41) is 6.48. The molecule has 2 fully saturated rings. The van der Waals surface area contributed by atoms with Crippen molar-refractivity contribution in [3.05, 3.63) is 58.4 Å². The lowest BCUT2D eigenvalue weighted by Crippen LogP contribution is -2.62. The van der Waals surface area contributed by atoms with E-state index in [1.165, 1.54) is 12.8 Å².